The van der Waals surface area contributed by atoms with Gasteiger partial charge in [-0.2, -0.15) is 5.10 Å². The largest absolute Gasteiger partial charge is 0.352 e. The molecule has 1 aromatic carbocycles. The second-order valence-corrected chi connectivity index (χ2v) is 4.41. The van der Waals surface area contributed by atoms with E-state index >= 15 is 0 Å². The molecule has 0 fully saturated rings. The predicted octanol–water partition coefficient (Wildman–Crippen LogP) is 1.84. The van der Waals surface area contributed by atoms with E-state index in [-0.39, 0.29) is 11.7 Å². The summed E-state index contributed by atoms with van der Waals surface area (Å²) in [6.07, 6.45) is 2.43. The van der Waals surface area contributed by atoms with Crippen LogP contribution in [0.5, 0.6) is 0 Å². The molecule has 2 rings (SSSR count). The highest BCUT2D eigenvalue weighted by Crippen LogP contribution is 2.09. The first-order chi connectivity index (χ1) is 9.08. The molecule has 0 unspecified atom stereocenters. The highest BCUT2D eigenvalue weighted by Gasteiger charge is 2.09. The number of nitrogens with one attached hydrogen (secondary N) is 1. The Bertz CT molecular complexity index is 592. The average Bonchev–Trinajstić information content (AvgIpc) is 2.75. The molecule has 19 heavy (non-hydrogen) atoms. The van der Waals surface area contributed by atoms with Crippen molar-refractivity contribution < 1.29 is 9.18 Å². The summed E-state index contributed by atoms with van der Waals surface area (Å²) in [6.45, 7) is 2.24. The number of benzene rings is 1. The van der Waals surface area contributed by atoms with Gasteiger partial charge in [-0.15, -0.1) is 0 Å². The summed E-state index contributed by atoms with van der Waals surface area (Å²) in [5.41, 5.74) is 2.19. The van der Waals surface area contributed by atoms with Gasteiger partial charge in [0.1, 0.15) is 5.82 Å². The van der Waals surface area contributed by atoms with Crippen molar-refractivity contribution in [3.8, 4) is 0 Å². The van der Waals surface area contributed by atoms with Gasteiger partial charge in [-0.1, -0.05) is 0 Å². The van der Waals surface area contributed by atoms with Crippen molar-refractivity contribution in [2.75, 3.05) is 6.54 Å². The van der Waals surface area contributed by atoms with Crippen molar-refractivity contribution in [2.45, 2.75) is 13.3 Å². The van der Waals surface area contributed by atoms with Gasteiger partial charge < -0.3 is 5.32 Å². The lowest BCUT2D eigenvalue weighted by atomic mass is 10.1. The van der Waals surface area contributed by atoms with E-state index in [0.29, 0.717) is 24.1 Å². The number of carbonyl (C=O) groups excluding carboxylic acids is 1. The number of rotatable bonds is 4. The van der Waals surface area contributed by atoms with E-state index in [1.54, 1.807) is 17.8 Å². The van der Waals surface area contributed by atoms with Gasteiger partial charge in [-0.3, -0.25) is 9.48 Å². The third kappa shape index (κ3) is 3.19. The van der Waals surface area contributed by atoms with E-state index in [4.69, 9.17) is 0 Å². The number of carbonyl (C=O) groups is 1. The van der Waals surface area contributed by atoms with Crippen LogP contribution in [-0.2, 0) is 13.5 Å². The Morgan fingerprint density at radius 2 is 2.21 bits per heavy atom. The quantitative estimate of drug-likeness (QED) is 0.913. The average molecular weight is 261 g/mol. The second kappa shape index (κ2) is 5.65. The van der Waals surface area contributed by atoms with Crippen LogP contribution in [0.4, 0.5) is 4.39 Å². The molecular formula is C14H16FN3O. The smallest absolute Gasteiger partial charge is 0.251 e. The summed E-state index contributed by atoms with van der Waals surface area (Å²) in [5.74, 6) is -0.511. The van der Waals surface area contributed by atoms with E-state index < -0.39 is 0 Å². The zero-order valence-electron chi connectivity index (χ0n) is 11.0. The van der Waals surface area contributed by atoms with Crippen LogP contribution in [0.15, 0.2) is 30.5 Å². The van der Waals surface area contributed by atoms with E-state index in [1.165, 1.54) is 18.2 Å². The maximum Gasteiger partial charge on any atom is 0.251 e. The van der Waals surface area contributed by atoms with E-state index in [1.807, 2.05) is 13.1 Å². The molecule has 2 aromatic rings. The van der Waals surface area contributed by atoms with Crippen molar-refractivity contribution in [1.82, 2.24) is 15.1 Å². The minimum Gasteiger partial charge on any atom is -0.352 e. The molecular weight excluding hydrogens is 245 g/mol. The summed E-state index contributed by atoms with van der Waals surface area (Å²) < 4.78 is 14.7. The lowest BCUT2D eigenvalue weighted by Crippen LogP contribution is -2.26. The molecule has 1 heterocycles. The molecule has 0 aliphatic carbocycles. The maximum absolute atomic E-state index is 13.0. The fourth-order valence-corrected chi connectivity index (χ4v) is 1.93. The highest BCUT2D eigenvalue weighted by atomic mass is 19.1. The zero-order chi connectivity index (χ0) is 13.8. The molecule has 5 heteroatoms. The lowest BCUT2D eigenvalue weighted by Gasteiger charge is -2.08. The molecule has 100 valence electrons. The van der Waals surface area contributed by atoms with Crippen molar-refractivity contribution in [3.63, 3.8) is 0 Å². The van der Waals surface area contributed by atoms with Crippen LogP contribution < -0.4 is 5.32 Å². The topological polar surface area (TPSA) is 46.9 Å². The Morgan fingerprint density at radius 1 is 1.42 bits per heavy atom. The SMILES string of the molecule is Cc1cc(F)ccc1C(=O)NCCc1ccnn1C. The number of halogens is 1. The van der Waals surface area contributed by atoms with Gasteiger partial charge in [0.2, 0.25) is 0 Å². The lowest BCUT2D eigenvalue weighted by molar-refractivity contribution is 0.0953. The van der Waals surface area contributed by atoms with Crippen LogP contribution in [-0.4, -0.2) is 22.2 Å². The summed E-state index contributed by atoms with van der Waals surface area (Å²) in [6, 6.07) is 6.07. The number of hydrogen-bond acceptors (Lipinski definition) is 2. The summed E-state index contributed by atoms with van der Waals surface area (Å²) in [4.78, 5) is 11.9. The van der Waals surface area contributed by atoms with Gasteiger partial charge >= 0.3 is 0 Å². The first kappa shape index (κ1) is 13.3. The van der Waals surface area contributed by atoms with Gasteiger partial charge in [0.05, 0.1) is 0 Å². The first-order valence-corrected chi connectivity index (χ1v) is 6.09. The Hall–Kier alpha value is -2.17. The summed E-state index contributed by atoms with van der Waals surface area (Å²) in [7, 11) is 1.86. The fourth-order valence-electron chi connectivity index (χ4n) is 1.93. The van der Waals surface area contributed by atoms with Gasteiger partial charge in [0.15, 0.2) is 0 Å². The Balaban J connectivity index is 1.93. The monoisotopic (exact) mass is 261 g/mol. The van der Waals surface area contributed by atoms with Crippen LogP contribution in [0.25, 0.3) is 0 Å². The predicted molar refractivity (Wildman–Crippen MR) is 70.4 cm³/mol. The minimum atomic E-state index is -0.330. The molecule has 0 bridgehead atoms. The number of nitrogens with zero attached hydrogens (tertiary/aromatic N) is 2. The molecule has 0 aliphatic rings. The fraction of sp³-hybridized carbons (Fsp3) is 0.286. The first-order valence-electron chi connectivity index (χ1n) is 6.09. The Kier molecular flexibility index (Phi) is 3.94. The van der Waals surface area contributed by atoms with Crippen molar-refractivity contribution >= 4 is 5.91 Å². The molecule has 1 aromatic heterocycles. The second-order valence-electron chi connectivity index (χ2n) is 4.41. The van der Waals surface area contributed by atoms with Gasteiger partial charge in [0, 0.05) is 37.5 Å². The van der Waals surface area contributed by atoms with Crippen LogP contribution in [0.2, 0.25) is 0 Å². The highest BCUT2D eigenvalue weighted by molar-refractivity contribution is 5.95. The normalized spacial score (nSPS) is 10.5. The number of hydrogen-bond donors (Lipinski definition) is 1. The van der Waals surface area contributed by atoms with Gasteiger partial charge in [0.25, 0.3) is 5.91 Å². The van der Waals surface area contributed by atoms with Crippen LogP contribution in [0.3, 0.4) is 0 Å². The van der Waals surface area contributed by atoms with Gasteiger partial charge in [-0.25, -0.2) is 4.39 Å². The molecule has 0 aliphatic heterocycles. The number of aromatic nitrogens is 2. The molecule has 1 N–H and O–H groups in total. The number of amides is 1. The Morgan fingerprint density at radius 3 is 2.84 bits per heavy atom. The molecule has 0 saturated heterocycles. The molecule has 0 atom stereocenters. The zero-order valence-corrected chi connectivity index (χ0v) is 11.0. The maximum atomic E-state index is 13.0. The molecule has 0 spiro atoms. The van der Waals surface area contributed by atoms with Crippen molar-refractivity contribution in [2.24, 2.45) is 7.05 Å². The molecule has 0 radical (unpaired) electrons. The third-order valence-corrected chi connectivity index (χ3v) is 3.02. The van der Waals surface area contributed by atoms with Crippen LogP contribution in [0.1, 0.15) is 21.6 Å². The van der Waals surface area contributed by atoms with Crippen LogP contribution in [0, 0.1) is 12.7 Å². The van der Waals surface area contributed by atoms with E-state index in [9.17, 15) is 9.18 Å². The summed E-state index contributed by atoms with van der Waals surface area (Å²) in [5, 5.41) is 6.88. The third-order valence-electron chi connectivity index (χ3n) is 3.02. The van der Waals surface area contributed by atoms with Crippen molar-refractivity contribution in [1.29, 1.82) is 0 Å². The van der Waals surface area contributed by atoms with Crippen LogP contribution >= 0.6 is 0 Å². The molecule has 0 saturated carbocycles. The molecule has 4 nitrogen and oxygen atoms in total. The van der Waals surface area contributed by atoms with Gasteiger partial charge in [-0.05, 0) is 36.8 Å². The Labute approximate surface area is 111 Å². The minimum absolute atomic E-state index is 0.181. The van der Waals surface area contributed by atoms with E-state index in [0.717, 1.165) is 5.69 Å². The number of aryl methyl sites for hydroxylation is 2. The standard InChI is InChI=1S/C14H16FN3O/c1-10-9-11(15)3-4-13(10)14(19)16-7-5-12-6-8-17-18(12)2/h3-4,6,8-9H,5,7H2,1-2H3,(H,16,19). The van der Waals surface area contributed by atoms with Crippen molar-refractivity contribution in [3.05, 3.63) is 53.1 Å². The molecule has 1 amide bonds. The summed E-state index contributed by atoms with van der Waals surface area (Å²) >= 11 is 0. The van der Waals surface area contributed by atoms with E-state index in [2.05, 4.69) is 10.4 Å².